The maximum atomic E-state index is 11.3. The van der Waals surface area contributed by atoms with Crippen LogP contribution < -0.4 is 11.5 Å². The Bertz CT molecular complexity index is 738. The molecule has 0 aliphatic carbocycles. The highest BCUT2D eigenvalue weighted by Gasteiger charge is 2.33. The summed E-state index contributed by atoms with van der Waals surface area (Å²) in [5.74, 6) is 0.159. The lowest BCUT2D eigenvalue weighted by molar-refractivity contribution is -0.387. The average molecular weight is 447 g/mol. The maximum absolute atomic E-state index is 11.3. The molecule has 0 radical (unpaired) electrons. The fourth-order valence-corrected chi connectivity index (χ4v) is 3.21. The Hall–Kier alpha value is -1.85. The van der Waals surface area contributed by atoms with Gasteiger partial charge in [0.25, 0.3) is 5.69 Å². The molecule has 1 aromatic carbocycles. The van der Waals surface area contributed by atoms with Gasteiger partial charge in [0.05, 0.1) is 9.82 Å². The van der Waals surface area contributed by atoms with Crippen LogP contribution in [0.1, 0.15) is 33.3 Å². The van der Waals surface area contributed by atoms with E-state index in [1.807, 2.05) is 13.8 Å². The molecule has 144 valence electrons. The summed E-state index contributed by atoms with van der Waals surface area (Å²) in [4.78, 5) is 25.3. The van der Waals surface area contributed by atoms with E-state index in [9.17, 15) is 10.1 Å². The van der Waals surface area contributed by atoms with Crippen LogP contribution in [0.4, 0.5) is 5.69 Å². The summed E-state index contributed by atoms with van der Waals surface area (Å²) in [5.41, 5.74) is 11.3. The molecule has 9 nitrogen and oxygen atoms in total. The number of nitro benzene ring substituents is 1. The molecule has 0 bridgehead atoms. The van der Waals surface area contributed by atoms with Gasteiger partial charge in [-0.1, -0.05) is 19.9 Å². The van der Waals surface area contributed by atoms with Gasteiger partial charge in [-0.2, -0.15) is 10.1 Å². The second kappa shape index (κ2) is 8.69. The lowest BCUT2D eigenvalue weighted by Crippen LogP contribution is -2.53. The number of nitro groups is 1. The molecule has 0 saturated carbocycles. The maximum Gasteiger partial charge on any atom is 0.283 e. The molecule has 4 N–H and O–H groups in total. The summed E-state index contributed by atoms with van der Waals surface area (Å²) in [5, 5.41) is 12.9. The van der Waals surface area contributed by atoms with E-state index in [-0.39, 0.29) is 51.4 Å². The highest BCUT2D eigenvalue weighted by atomic mass is 79.9. The summed E-state index contributed by atoms with van der Waals surface area (Å²) in [6.07, 6.45) is 0. The third kappa shape index (κ3) is 5.32. The van der Waals surface area contributed by atoms with Crippen molar-refractivity contribution in [2.45, 2.75) is 50.1 Å². The predicted molar refractivity (Wildman–Crippen MR) is 108 cm³/mol. The molecule has 1 aliphatic heterocycles. The van der Waals surface area contributed by atoms with Gasteiger partial charge in [0, 0.05) is 11.3 Å². The van der Waals surface area contributed by atoms with Crippen molar-refractivity contribution in [2.75, 3.05) is 0 Å². The van der Waals surface area contributed by atoms with E-state index in [0.29, 0.717) is 10.5 Å². The van der Waals surface area contributed by atoms with Crippen LogP contribution in [0.5, 0.6) is 0 Å². The van der Waals surface area contributed by atoms with E-state index >= 15 is 0 Å². The highest BCUT2D eigenvalue weighted by molar-refractivity contribution is 8.93. The third-order valence-electron chi connectivity index (χ3n) is 3.27. The Kier molecular flexibility index (Phi) is 7.42. The molecule has 0 atom stereocenters. The number of rotatable bonds is 6. The van der Waals surface area contributed by atoms with Crippen molar-refractivity contribution in [3.63, 3.8) is 0 Å². The standard InChI is InChI=1S/C15H22N6O3S.BrH/c1-9(2)25-12-6-5-10(7-11(12)21(22)23)8-24-20-14(17)18-13(16)19-15(20,3)4;/h5-7,9H,8H2,1-4H3,(H4,16,17,18,19);1H. The van der Waals surface area contributed by atoms with E-state index < -0.39 is 5.66 Å². The van der Waals surface area contributed by atoms with E-state index in [0.717, 1.165) is 0 Å². The van der Waals surface area contributed by atoms with Gasteiger partial charge in [0.15, 0.2) is 5.66 Å². The number of hydroxylamine groups is 2. The van der Waals surface area contributed by atoms with Crippen LogP contribution in [-0.4, -0.2) is 32.8 Å². The molecule has 1 aromatic rings. The van der Waals surface area contributed by atoms with Gasteiger partial charge in [0.1, 0.15) is 6.61 Å². The summed E-state index contributed by atoms with van der Waals surface area (Å²) in [6.45, 7) is 7.59. The smallest absolute Gasteiger partial charge is 0.283 e. The van der Waals surface area contributed by atoms with Crippen molar-refractivity contribution in [1.29, 1.82) is 0 Å². The average Bonchev–Trinajstić information content (AvgIpc) is 2.45. The Morgan fingerprint density at radius 2 is 2.04 bits per heavy atom. The summed E-state index contributed by atoms with van der Waals surface area (Å²) >= 11 is 1.44. The zero-order chi connectivity index (χ0) is 18.8. The minimum absolute atomic E-state index is 0. The molecular formula is C15H23BrN6O3S. The number of hydrogen-bond acceptors (Lipinski definition) is 9. The number of hydrogen-bond donors (Lipinski definition) is 2. The molecule has 0 saturated heterocycles. The second-order valence-electron chi connectivity index (χ2n) is 6.23. The summed E-state index contributed by atoms with van der Waals surface area (Å²) in [7, 11) is 0. The van der Waals surface area contributed by atoms with Crippen molar-refractivity contribution in [1.82, 2.24) is 5.06 Å². The van der Waals surface area contributed by atoms with Gasteiger partial charge in [-0.15, -0.1) is 28.7 Å². The van der Waals surface area contributed by atoms with Crippen LogP contribution >= 0.6 is 28.7 Å². The van der Waals surface area contributed by atoms with Gasteiger partial charge >= 0.3 is 0 Å². The number of benzene rings is 1. The van der Waals surface area contributed by atoms with Crippen molar-refractivity contribution in [3.8, 4) is 0 Å². The van der Waals surface area contributed by atoms with Crippen LogP contribution in [0.15, 0.2) is 33.1 Å². The van der Waals surface area contributed by atoms with Crippen molar-refractivity contribution < 1.29 is 9.76 Å². The lowest BCUT2D eigenvalue weighted by Gasteiger charge is -2.36. The number of nitrogens with two attached hydrogens (primary N) is 2. The van der Waals surface area contributed by atoms with Crippen molar-refractivity contribution in [3.05, 3.63) is 33.9 Å². The third-order valence-corrected chi connectivity index (χ3v) is 4.34. The summed E-state index contributed by atoms with van der Waals surface area (Å²) < 4.78 is 0. The Morgan fingerprint density at radius 1 is 1.38 bits per heavy atom. The quantitative estimate of drug-likeness (QED) is 0.389. The van der Waals surface area contributed by atoms with Crippen LogP contribution in [0.25, 0.3) is 0 Å². The fourth-order valence-electron chi connectivity index (χ4n) is 2.31. The van der Waals surface area contributed by atoms with Gasteiger partial charge < -0.3 is 11.5 Å². The van der Waals surface area contributed by atoms with E-state index in [2.05, 4.69) is 9.98 Å². The molecule has 0 fully saturated rings. The van der Waals surface area contributed by atoms with Gasteiger partial charge in [-0.25, -0.2) is 4.99 Å². The normalized spacial score (nSPS) is 16.0. The lowest BCUT2D eigenvalue weighted by atomic mass is 10.2. The molecule has 11 heteroatoms. The van der Waals surface area contributed by atoms with Gasteiger partial charge in [-0.05, 0) is 25.5 Å². The molecular weight excluding hydrogens is 424 g/mol. The van der Waals surface area contributed by atoms with Crippen LogP contribution in [-0.2, 0) is 11.4 Å². The van der Waals surface area contributed by atoms with Crippen molar-refractivity contribution >= 4 is 46.3 Å². The second-order valence-corrected chi connectivity index (χ2v) is 7.85. The van der Waals surface area contributed by atoms with E-state index in [4.69, 9.17) is 16.3 Å². The van der Waals surface area contributed by atoms with Crippen LogP contribution in [0.3, 0.4) is 0 Å². The topological polar surface area (TPSA) is 132 Å². The molecule has 0 unspecified atom stereocenters. The zero-order valence-electron chi connectivity index (χ0n) is 15.0. The molecule has 26 heavy (non-hydrogen) atoms. The van der Waals surface area contributed by atoms with Gasteiger partial charge in [0.2, 0.25) is 11.9 Å². The number of nitrogens with zero attached hydrogens (tertiary/aromatic N) is 4. The Morgan fingerprint density at radius 3 is 2.58 bits per heavy atom. The largest absolute Gasteiger partial charge is 0.368 e. The molecule has 0 amide bonds. The van der Waals surface area contributed by atoms with Crippen LogP contribution in [0.2, 0.25) is 0 Å². The number of halogens is 1. The van der Waals surface area contributed by atoms with E-state index in [1.54, 1.807) is 26.0 Å². The SMILES string of the molecule is Br.CC(C)Sc1ccc(CON2C(N)=NC(N)=NC2(C)C)cc1[N+](=O)[O-]. The Labute approximate surface area is 166 Å². The minimum atomic E-state index is -0.824. The first kappa shape index (κ1) is 22.2. The highest BCUT2D eigenvalue weighted by Crippen LogP contribution is 2.33. The molecule has 0 aromatic heterocycles. The minimum Gasteiger partial charge on any atom is -0.368 e. The Balaban J connectivity index is 0.00000338. The summed E-state index contributed by atoms with van der Waals surface area (Å²) in [6, 6.07) is 5.03. The predicted octanol–water partition coefficient (Wildman–Crippen LogP) is 2.79. The van der Waals surface area contributed by atoms with Crippen LogP contribution in [0, 0.1) is 10.1 Å². The first-order valence-electron chi connectivity index (χ1n) is 7.67. The fraction of sp³-hybridized carbons (Fsp3) is 0.467. The molecule has 0 spiro atoms. The molecule has 1 heterocycles. The molecule has 1 aliphatic rings. The first-order valence-corrected chi connectivity index (χ1v) is 8.54. The monoisotopic (exact) mass is 446 g/mol. The van der Waals surface area contributed by atoms with Crippen molar-refractivity contribution in [2.24, 2.45) is 21.5 Å². The van der Waals surface area contributed by atoms with Gasteiger partial charge in [-0.3, -0.25) is 15.0 Å². The number of thioether (sulfide) groups is 1. The molecule has 2 rings (SSSR count). The van der Waals surface area contributed by atoms with E-state index in [1.165, 1.54) is 22.9 Å². The number of aliphatic imine (C=N–C) groups is 2. The zero-order valence-corrected chi connectivity index (χ0v) is 17.5. The first-order chi connectivity index (χ1) is 11.6. The number of guanidine groups is 2.